The molecule has 3 heterocycles. The summed E-state index contributed by atoms with van der Waals surface area (Å²) >= 11 is 0. The van der Waals surface area contributed by atoms with E-state index in [-0.39, 0.29) is 17.3 Å². The highest BCUT2D eigenvalue weighted by Crippen LogP contribution is 2.51. The van der Waals surface area contributed by atoms with Gasteiger partial charge in [0.05, 0.1) is 22.4 Å². The second-order valence-corrected chi connectivity index (χ2v) is 18.8. The average molecular weight is 859 g/mol. The molecule has 1 aliphatic heterocycles. The average Bonchev–Trinajstić information content (AvgIpc) is 3.84. The van der Waals surface area contributed by atoms with Gasteiger partial charge in [-0.3, -0.25) is 4.57 Å². The molecule has 0 spiro atoms. The zero-order valence-electron chi connectivity index (χ0n) is 37.9. The minimum atomic E-state index is -0.589. The molecule has 324 valence electrons. The lowest BCUT2D eigenvalue weighted by atomic mass is 9.82. The number of halogens is 2. The summed E-state index contributed by atoms with van der Waals surface area (Å²) < 4.78 is 38.4. The van der Waals surface area contributed by atoms with Crippen LogP contribution in [0.3, 0.4) is 0 Å². The summed E-state index contributed by atoms with van der Waals surface area (Å²) in [4.78, 5) is 9.54. The zero-order chi connectivity index (χ0) is 45.1. The van der Waals surface area contributed by atoms with Gasteiger partial charge in [0, 0.05) is 46.5 Å². The number of benzene rings is 7. The molecule has 0 atom stereocenters. The van der Waals surface area contributed by atoms with Gasteiger partial charge >= 0.3 is 0 Å². The van der Waals surface area contributed by atoms with E-state index in [0.29, 0.717) is 12.2 Å². The summed E-state index contributed by atoms with van der Waals surface area (Å²) in [6, 6.07) is 52.6. The van der Waals surface area contributed by atoms with Crippen molar-refractivity contribution >= 4 is 44.6 Å². The van der Waals surface area contributed by atoms with Crippen LogP contribution in [0.15, 0.2) is 164 Å². The highest BCUT2D eigenvalue weighted by Gasteiger charge is 2.33. The van der Waals surface area contributed by atoms with E-state index in [4.69, 9.17) is 9.72 Å². The van der Waals surface area contributed by atoms with Gasteiger partial charge in [0.25, 0.3) is 0 Å². The number of anilines is 4. The van der Waals surface area contributed by atoms with Crippen LogP contribution in [0, 0.1) is 11.6 Å². The second-order valence-electron chi connectivity index (χ2n) is 18.8. The van der Waals surface area contributed by atoms with E-state index >= 15 is 0 Å². The molecular formula is C58H52F2N4O. The fourth-order valence-corrected chi connectivity index (χ4v) is 9.61. The predicted molar refractivity (Wildman–Crippen MR) is 265 cm³/mol. The maximum absolute atomic E-state index is 14.6. The predicted octanol–water partition coefficient (Wildman–Crippen LogP) is 16.4. The number of rotatable bonds is 9. The van der Waals surface area contributed by atoms with Crippen molar-refractivity contribution in [3.8, 4) is 39.6 Å². The van der Waals surface area contributed by atoms with Crippen molar-refractivity contribution in [3.05, 3.63) is 192 Å². The number of pyridine rings is 1. The maximum Gasteiger partial charge on any atom is 0.137 e. The Balaban J connectivity index is 1.12. The molecule has 10 rings (SSSR count). The molecule has 7 heteroatoms. The number of aromatic nitrogens is 2. The topological polar surface area (TPSA) is 33.5 Å². The molecule has 0 fully saturated rings. The zero-order valence-corrected chi connectivity index (χ0v) is 37.9. The molecule has 7 aromatic carbocycles. The minimum absolute atomic E-state index is 0.113. The third kappa shape index (κ3) is 7.69. The van der Waals surface area contributed by atoms with E-state index in [1.165, 1.54) is 17.7 Å². The van der Waals surface area contributed by atoms with E-state index < -0.39 is 11.6 Å². The van der Waals surface area contributed by atoms with Gasteiger partial charge in [-0.1, -0.05) is 109 Å². The fraction of sp³-hybridized carbons (Fsp3) is 0.190. The first-order chi connectivity index (χ1) is 31.3. The van der Waals surface area contributed by atoms with Gasteiger partial charge in [0.2, 0.25) is 0 Å². The first-order valence-corrected chi connectivity index (χ1v) is 22.5. The van der Waals surface area contributed by atoms with Gasteiger partial charge < -0.3 is 14.5 Å². The number of fused-ring (bicyclic) bond motifs is 4. The van der Waals surface area contributed by atoms with Crippen molar-refractivity contribution in [2.45, 2.75) is 65.7 Å². The number of para-hydroxylation sites is 3. The largest absolute Gasteiger partial charge is 0.457 e. The lowest BCUT2D eigenvalue weighted by Crippen LogP contribution is -2.26. The van der Waals surface area contributed by atoms with Gasteiger partial charge in [-0.25, -0.2) is 13.8 Å². The van der Waals surface area contributed by atoms with Gasteiger partial charge in [-0.05, 0) is 135 Å². The summed E-state index contributed by atoms with van der Waals surface area (Å²) in [6.45, 7) is 16.0. The van der Waals surface area contributed by atoms with E-state index in [2.05, 4.69) is 184 Å². The van der Waals surface area contributed by atoms with Crippen LogP contribution in [-0.4, -0.2) is 16.2 Å². The van der Waals surface area contributed by atoms with Crippen LogP contribution in [0.1, 0.15) is 77.0 Å². The van der Waals surface area contributed by atoms with Crippen LogP contribution < -0.4 is 14.5 Å². The van der Waals surface area contributed by atoms with Gasteiger partial charge in [-0.15, -0.1) is 0 Å². The standard InChI is InChI=1S/C58H52F2N4O/c1-36(2)49-30-39(38-26-41(59)32-42(60)27-38)31-50(37(3)4)57(49)63-35-62(53-20-12-13-21-54(53)63)43-28-40(46-16-8-10-18-51(46)58(5,6)7)29-45(33-43)65-44-23-24-48-47-17-9-11-19-52(47)64(55(48)34-44)56-22-14-15-25-61-56/h8-34,36-37H,35H2,1-7H3. The Morgan fingerprint density at radius 3 is 1.88 bits per heavy atom. The van der Waals surface area contributed by atoms with E-state index in [9.17, 15) is 8.78 Å². The highest BCUT2D eigenvalue weighted by atomic mass is 19.1. The number of hydrogen-bond acceptors (Lipinski definition) is 4. The first kappa shape index (κ1) is 41.7. The van der Waals surface area contributed by atoms with Crippen LogP contribution in [-0.2, 0) is 5.41 Å². The molecule has 2 aromatic heterocycles. The molecule has 0 amide bonds. The molecule has 0 saturated heterocycles. The highest BCUT2D eigenvalue weighted by molar-refractivity contribution is 6.09. The Morgan fingerprint density at radius 2 is 1.18 bits per heavy atom. The minimum Gasteiger partial charge on any atom is -0.457 e. The number of ether oxygens (including phenoxy) is 1. The van der Waals surface area contributed by atoms with Crippen LogP contribution in [0.4, 0.5) is 31.5 Å². The van der Waals surface area contributed by atoms with Crippen LogP contribution >= 0.6 is 0 Å². The van der Waals surface area contributed by atoms with Crippen molar-refractivity contribution in [1.29, 1.82) is 0 Å². The molecule has 9 aromatic rings. The SMILES string of the molecule is CC(C)c1cc(-c2cc(F)cc(F)c2)cc(C(C)C)c1N1CN(c2cc(Oc3ccc4c5ccccc5n(-c5ccccn5)c4c3)cc(-c3ccccc3C(C)(C)C)c2)c2ccccc21. The van der Waals surface area contributed by atoms with Crippen LogP contribution in [0.25, 0.3) is 49.9 Å². The van der Waals surface area contributed by atoms with E-state index in [1.54, 1.807) is 0 Å². The number of hydrogen-bond donors (Lipinski definition) is 0. The third-order valence-electron chi connectivity index (χ3n) is 12.6. The quantitative estimate of drug-likeness (QED) is 0.145. The second kappa shape index (κ2) is 16.4. The summed E-state index contributed by atoms with van der Waals surface area (Å²) in [7, 11) is 0. The Hall–Kier alpha value is -7.25. The molecule has 0 radical (unpaired) electrons. The molecule has 0 unspecified atom stereocenters. The molecule has 5 nitrogen and oxygen atoms in total. The first-order valence-electron chi connectivity index (χ1n) is 22.5. The van der Waals surface area contributed by atoms with Crippen LogP contribution in [0.2, 0.25) is 0 Å². The van der Waals surface area contributed by atoms with E-state index in [0.717, 1.165) is 95.8 Å². The molecule has 65 heavy (non-hydrogen) atoms. The van der Waals surface area contributed by atoms with E-state index in [1.807, 2.05) is 24.4 Å². The Morgan fingerprint density at radius 1 is 0.554 bits per heavy atom. The lowest BCUT2D eigenvalue weighted by Gasteiger charge is -2.30. The monoisotopic (exact) mass is 858 g/mol. The van der Waals surface area contributed by atoms with Crippen molar-refractivity contribution in [1.82, 2.24) is 9.55 Å². The third-order valence-corrected chi connectivity index (χ3v) is 12.6. The Kier molecular flexibility index (Phi) is 10.5. The normalized spacial score (nSPS) is 12.8. The smallest absolute Gasteiger partial charge is 0.137 e. The fourth-order valence-electron chi connectivity index (χ4n) is 9.61. The molecular weight excluding hydrogens is 807 g/mol. The summed E-state index contributed by atoms with van der Waals surface area (Å²) in [6.07, 6.45) is 1.83. The van der Waals surface area contributed by atoms with Crippen LogP contribution in [0.5, 0.6) is 11.5 Å². The summed E-state index contributed by atoms with van der Waals surface area (Å²) in [5.74, 6) is 1.34. The maximum atomic E-state index is 14.6. The Bertz CT molecular complexity index is 3210. The van der Waals surface area contributed by atoms with Gasteiger partial charge in [-0.2, -0.15) is 0 Å². The summed E-state index contributed by atoms with van der Waals surface area (Å²) in [5.41, 5.74) is 13.2. The number of nitrogens with zero attached hydrogens (tertiary/aromatic N) is 4. The molecule has 0 bridgehead atoms. The summed E-state index contributed by atoms with van der Waals surface area (Å²) in [5, 5.41) is 2.28. The van der Waals surface area contributed by atoms with Crippen molar-refractivity contribution in [2.75, 3.05) is 16.5 Å². The van der Waals surface area contributed by atoms with Crippen molar-refractivity contribution in [3.63, 3.8) is 0 Å². The van der Waals surface area contributed by atoms with Crippen molar-refractivity contribution in [2.24, 2.45) is 0 Å². The van der Waals surface area contributed by atoms with Gasteiger partial charge in [0.15, 0.2) is 0 Å². The molecule has 0 N–H and O–H groups in total. The molecule has 1 aliphatic rings. The molecule has 0 saturated carbocycles. The lowest BCUT2D eigenvalue weighted by molar-refractivity contribution is 0.483. The molecule has 0 aliphatic carbocycles. The Labute approximate surface area is 380 Å². The van der Waals surface area contributed by atoms with Crippen molar-refractivity contribution < 1.29 is 13.5 Å². The van der Waals surface area contributed by atoms with Gasteiger partial charge in [0.1, 0.15) is 35.6 Å².